The summed E-state index contributed by atoms with van der Waals surface area (Å²) < 4.78 is 16.5. The molecule has 1 aromatic heterocycles. The number of methoxy groups -OCH3 is 3. The van der Waals surface area contributed by atoms with Gasteiger partial charge in [-0.2, -0.15) is 0 Å². The fourth-order valence-corrected chi connectivity index (χ4v) is 4.82. The molecular formula is C31H36N2O6. The Labute approximate surface area is 228 Å². The van der Waals surface area contributed by atoms with Crippen LogP contribution in [0.1, 0.15) is 34.3 Å². The normalized spacial score (nSPS) is 11.8. The predicted octanol–water partition coefficient (Wildman–Crippen LogP) is 4.51. The van der Waals surface area contributed by atoms with Gasteiger partial charge in [-0.3, -0.25) is 4.79 Å². The maximum atomic E-state index is 13.5. The van der Waals surface area contributed by atoms with Crippen LogP contribution < -0.4 is 19.5 Å². The van der Waals surface area contributed by atoms with E-state index in [0.717, 1.165) is 39.6 Å². The zero-order valence-electron chi connectivity index (χ0n) is 22.6. The number of aliphatic hydroxyl groups is 2. The lowest BCUT2D eigenvalue weighted by Crippen LogP contribution is -2.39. The highest BCUT2D eigenvalue weighted by Crippen LogP contribution is 2.41. The van der Waals surface area contributed by atoms with Crippen LogP contribution >= 0.6 is 0 Å². The van der Waals surface area contributed by atoms with Crippen LogP contribution in [0, 0.1) is 0 Å². The third-order valence-electron chi connectivity index (χ3n) is 6.82. The van der Waals surface area contributed by atoms with E-state index in [4.69, 9.17) is 14.2 Å². The van der Waals surface area contributed by atoms with Gasteiger partial charge in [0.15, 0.2) is 11.5 Å². The van der Waals surface area contributed by atoms with E-state index in [0.29, 0.717) is 42.1 Å². The molecule has 0 aliphatic rings. The molecule has 0 saturated heterocycles. The number of ether oxygens (including phenoxy) is 3. The number of carbonyl (C=O) groups excluding carboxylic acids is 1. The predicted molar refractivity (Wildman–Crippen MR) is 152 cm³/mol. The van der Waals surface area contributed by atoms with Gasteiger partial charge in [0.2, 0.25) is 5.75 Å². The molecule has 8 heteroatoms. The van der Waals surface area contributed by atoms with Crippen LogP contribution in [0.15, 0.2) is 60.8 Å². The van der Waals surface area contributed by atoms with Crippen LogP contribution in [0.25, 0.3) is 22.0 Å². The number of carbonyl (C=O) groups is 1. The number of unbranched alkanes of at least 4 members (excludes halogenated alkanes) is 1. The van der Waals surface area contributed by atoms with E-state index >= 15 is 0 Å². The molecule has 0 aliphatic heterocycles. The second-order valence-electron chi connectivity index (χ2n) is 9.43. The number of amides is 1. The van der Waals surface area contributed by atoms with Gasteiger partial charge in [-0.05, 0) is 78.3 Å². The largest absolute Gasteiger partial charge is 0.493 e. The number of aryl methyl sites for hydroxylation is 1. The van der Waals surface area contributed by atoms with Gasteiger partial charge in [0.05, 0.1) is 34.0 Å². The average Bonchev–Trinajstić information content (AvgIpc) is 3.38. The van der Waals surface area contributed by atoms with E-state index in [-0.39, 0.29) is 19.1 Å². The number of benzene rings is 3. The molecule has 206 valence electrons. The zero-order chi connectivity index (χ0) is 27.8. The molecule has 0 fully saturated rings. The number of nitrogens with one attached hydrogen (secondary N) is 2. The number of para-hydroxylation sites is 1. The third kappa shape index (κ3) is 6.53. The molecule has 4 rings (SSSR count). The molecule has 0 radical (unpaired) electrons. The van der Waals surface area contributed by atoms with Gasteiger partial charge in [0, 0.05) is 29.3 Å². The lowest BCUT2D eigenvalue weighted by atomic mass is 9.96. The van der Waals surface area contributed by atoms with Gasteiger partial charge in [-0.25, -0.2) is 0 Å². The van der Waals surface area contributed by atoms with E-state index in [2.05, 4.69) is 10.3 Å². The molecule has 0 aliphatic carbocycles. The second kappa shape index (κ2) is 13.2. The summed E-state index contributed by atoms with van der Waals surface area (Å²) in [6.07, 6.45) is 4.58. The fraction of sp³-hybridized carbons (Fsp3) is 0.323. The molecule has 39 heavy (non-hydrogen) atoms. The van der Waals surface area contributed by atoms with Gasteiger partial charge in [-0.1, -0.05) is 24.3 Å². The number of aromatic amines is 1. The van der Waals surface area contributed by atoms with Gasteiger partial charge >= 0.3 is 0 Å². The van der Waals surface area contributed by atoms with Crippen molar-refractivity contribution in [3.63, 3.8) is 0 Å². The van der Waals surface area contributed by atoms with Crippen molar-refractivity contribution in [1.29, 1.82) is 0 Å². The lowest BCUT2D eigenvalue weighted by molar-refractivity contribution is 0.0916. The highest BCUT2D eigenvalue weighted by Gasteiger charge is 2.19. The van der Waals surface area contributed by atoms with Gasteiger partial charge in [-0.15, -0.1) is 0 Å². The maximum Gasteiger partial charge on any atom is 0.251 e. The Morgan fingerprint density at radius 1 is 0.923 bits per heavy atom. The van der Waals surface area contributed by atoms with Crippen LogP contribution in [0.3, 0.4) is 0 Å². The molecular weight excluding hydrogens is 496 g/mol. The summed E-state index contributed by atoms with van der Waals surface area (Å²) in [6.45, 7) is -0.0763. The van der Waals surface area contributed by atoms with Crippen LogP contribution in [0.2, 0.25) is 0 Å². The maximum absolute atomic E-state index is 13.5. The molecule has 1 atom stereocenters. The standard InChI is InChI=1S/C31H36N2O6/c1-37-28-16-22(17-29(38-2)30(28)39-3)21-12-20(8-6-7-11-34)13-23(14-21)31(36)33-25(19-35)15-24-18-32-27-10-5-4-9-26(24)27/h4-5,9-10,12-14,16-18,25,32,34-35H,6-8,11,15,19H2,1-3H3,(H,33,36)/t25-/m1/s1. The van der Waals surface area contributed by atoms with Gasteiger partial charge in [0.25, 0.3) is 5.91 Å². The second-order valence-corrected chi connectivity index (χ2v) is 9.43. The molecule has 3 aromatic carbocycles. The summed E-state index contributed by atoms with van der Waals surface area (Å²) in [4.78, 5) is 16.7. The van der Waals surface area contributed by atoms with Crippen molar-refractivity contribution in [3.05, 3.63) is 77.5 Å². The summed E-state index contributed by atoms with van der Waals surface area (Å²) in [7, 11) is 4.68. The zero-order valence-corrected chi connectivity index (χ0v) is 22.6. The van der Waals surface area contributed by atoms with Crippen molar-refractivity contribution in [2.45, 2.75) is 31.7 Å². The summed E-state index contributed by atoms with van der Waals surface area (Å²) in [5, 5.41) is 23.4. The Kier molecular flexibility index (Phi) is 9.46. The Balaban J connectivity index is 1.65. The summed E-state index contributed by atoms with van der Waals surface area (Å²) in [5.41, 5.74) is 5.12. The number of H-pyrrole nitrogens is 1. The SMILES string of the molecule is COc1cc(-c2cc(CCCCO)cc(C(=O)N[C@@H](CO)Cc3c[nH]c4ccccc34)c2)cc(OC)c1OC. The van der Waals surface area contributed by atoms with E-state index in [1.807, 2.05) is 60.8 Å². The first-order chi connectivity index (χ1) is 19.0. The summed E-state index contributed by atoms with van der Waals surface area (Å²) in [6, 6.07) is 16.9. The van der Waals surface area contributed by atoms with E-state index in [9.17, 15) is 15.0 Å². The molecule has 1 heterocycles. The van der Waals surface area contributed by atoms with Crippen molar-refractivity contribution in [3.8, 4) is 28.4 Å². The van der Waals surface area contributed by atoms with Crippen molar-refractivity contribution in [2.24, 2.45) is 0 Å². The molecule has 0 saturated carbocycles. The number of hydrogen-bond acceptors (Lipinski definition) is 6. The van der Waals surface area contributed by atoms with Crippen LogP contribution in [0.5, 0.6) is 17.2 Å². The third-order valence-corrected chi connectivity index (χ3v) is 6.82. The van der Waals surface area contributed by atoms with Crippen molar-refractivity contribution < 1.29 is 29.2 Å². The molecule has 8 nitrogen and oxygen atoms in total. The lowest BCUT2D eigenvalue weighted by Gasteiger charge is -2.18. The molecule has 1 amide bonds. The monoisotopic (exact) mass is 532 g/mol. The minimum absolute atomic E-state index is 0.117. The Hall–Kier alpha value is -4.01. The Morgan fingerprint density at radius 3 is 2.31 bits per heavy atom. The van der Waals surface area contributed by atoms with Crippen LogP contribution in [-0.4, -0.2) is 61.7 Å². The fourth-order valence-electron chi connectivity index (χ4n) is 4.82. The topological polar surface area (TPSA) is 113 Å². The molecule has 0 spiro atoms. The summed E-state index contributed by atoms with van der Waals surface area (Å²) >= 11 is 0. The van der Waals surface area contributed by atoms with Crippen molar-refractivity contribution in [1.82, 2.24) is 10.3 Å². The summed E-state index contributed by atoms with van der Waals surface area (Å²) in [5.74, 6) is 1.25. The number of rotatable bonds is 13. The van der Waals surface area contributed by atoms with Gasteiger partial charge in [0.1, 0.15) is 0 Å². The molecule has 0 bridgehead atoms. The van der Waals surface area contributed by atoms with E-state index < -0.39 is 6.04 Å². The minimum atomic E-state index is -0.459. The Bertz CT molecular complexity index is 1390. The van der Waals surface area contributed by atoms with Crippen LogP contribution in [0.4, 0.5) is 0 Å². The average molecular weight is 533 g/mol. The first-order valence-corrected chi connectivity index (χ1v) is 13.0. The first kappa shape index (κ1) is 28.0. The quantitative estimate of drug-likeness (QED) is 0.189. The number of aliphatic hydroxyl groups excluding tert-OH is 2. The number of hydrogen-bond donors (Lipinski definition) is 4. The minimum Gasteiger partial charge on any atom is -0.493 e. The molecule has 0 unspecified atom stereocenters. The number of fused-ring (bicyclic) bond motifs is 1. The van der Waals surface area contributed by atoms with E-state index in [1.165, 1.54) is 0 Å². The smallest absolute Gasteiger partial charge is 0.251 e. The molecule has 4 N–H and O–H groups in total. The molecule has 4 aromatic rings. The van der Waals surface area contributed by atoms with Gasteiger partial charge < -0.3 is 34.7 Å². The number of aromatic nitrogens is 1. The highest BCUT2D eigenvalue weighted by molar-refractivity contribution is 5.96. The Morgan fingerprint density at radius 2 is 1.64 bits per heavy atom. The van der Waals surface area contributed by atoms with Crippen molar-refractivity contribution in [2.75, 3.05) is 34.5 Å². The van der Waals surface area contributed by atoms with Crippen molar-refractivity contribution >= 4 is 16.8 Å². The van der Waals surface area contributed by atoms with E-state index in [1.54, 1.807) is 21.3 Å². The van der Waals surface area contributed by atoms with Crippen LogP contribution in [-0.2, 0) is 12.8 Å². The highest BCUT2D eigenvalue weighted by atomic mass is 16.5. The first-order valence-electron chi connectivity index (χ1n) is 13.0.